The van der Waals surface area contributed by atoms with E-state index in [1.54, 1.807) is 30.5 Å². The van der Waals surface area contributed by atoms with Crippen molar-refractivity contribution in [2.24, 2.45) is 11.7 Å². The SMILES string of the molecule is Cl.Cl.N[C@@H]1CCC[C@H]1CC(=O)Nc1cccc(Oc2cccnn2)c1. The van der Waals surface area contributed by atoms with E-state index in [9.17, 15) is 4.79 Å². The summed E-state index contributed by atoms with van der Waals surface area (Å²) in [6.07, 6.45) is 5.21. The number of hydrogen-bond donors (Lipinski definition) is 2. The number of nitrogens with zero attached hydrogens (tertiary/aromatic N) is 2. The van der Waals surface area contributed by atoms with Crippen LogP contribution in [0.3, 0.4) is 0 Å². The summed E-state index contributed by atoms with van der Waals surface area (Å²) in [5, 5.41) is 10.5. The predicted octanol–water partition coefficient (Wildman–Crippen LogP) is 3.57. The van der Waals surface area contributed by atoms with Crippen molar-refractivity contribution in [3.63, 3.8) is 0 Å². The van der Waals surface area contributed by atoms with Crippen LogP contribution in [0.4, 0.5) is 5.69 Å². The molecule has 1 aromatic carbocycles. The summed E-state index contributed by atoms with van der Waals surface area (Å²) in [5.74, 6) is 1.28. The number of amides is 1. The smallest absolute Gasteiger partial charge is 0.238 e. The fraction of sp³-hybridized carbons (Fsp3) is 0.353. The van der Waals surface area contributed by atoms with Gasteiger partial charge in [0.1, 0.15) is 5.75 Å². The molecule has 0 spiro atoms. The van der Waals surface area contributed by atoms with Gasteiger partial charge in [-0.1, -0.05) is 12.5 Å². The average molecular weight is 385 g/mol. The minimum atomic E-state index is -0.0102. The predicted molar refractivity (Wildman–Crippen MR) is 102 cm³/mol. The highest BCUT2D eigenvalue weighted by Gasteiger charge is 2.26. The number of carbonyl (C=O) groups excluding carboxylic acids is 1. The number of rotatable bonds is 5. The molecule has 0 bridgehead atoms. The number of ether oxygens (including phenoxy) is 1. The number of benzene rings is 1. The molecule has 1 heterocycles. The zero-order valence-electron chi connectivity index (χ0n) is 13.6. The van der Waals surface area contributed by atoms with E-state index >= 15 is 0 Å². The maximum Gasteiger partial charge on any atom is 0.238 e. The van der Waals surface area contributed by atoms with E-state index in [0.29, 0.717) is 23.7 Å². The van der Waals surface area contributed by atoms with Crippen LogP contribution in [0.1, 0.15) is 25.7 Å². The molecule has 1 aromatic heterocycles. The van der Waals surface area contributed by atoms with Crippen LogP contribution in [-0.2, 0) is 4.79 Å². The molecular formula is C17H22Cl2N4O2. The molecule has 2 aromatic rings. The first-order chi connectivity index (χ1) is 11.2. The Hall–Kier alpha value is -1.89. The Bertz CT molecular complexity index is 673. The van der Waals surface area contributed by atoms with Gasteiger partial charge in [0.25, 0.3) is 0 Å². The first-order valence-electron chi connectivity index (χ1n) is 7.82. The number of nitrogens with two attached hydrogens (primary N) is 1. The molecule has 0 unspecified atom stereocenters. The monoisotopic (exact) mass is 384 g/mol. The number of carbonyl (C=O) groups is 1. The normalized spacial score (nSPS) is 18.6. The largest absolute Gasteiger partial charge is 0.437 e. The first-order valence-corrected chi connectivity index (χ1v) is 7.82. The van der Waals surface area contributed by atoms with E-state index in [-0.39, 0.29) is 42.7 Å². The van der Waals surface area contributed by atoms with Crippen LogP contribution in [0.25, 0.3) is 0 Å². The van der Waals surface area contributed by atoms with Crippen molar-refractivity contribution in [2.45, 2.75) is 31.7 Å². The van der Waals surface area contributed by atoms with Gasteiger partial charge in [0, 0.05) is 36.5 Å². The van der Waals surface area contributed by atoms with Crippen molar-refractivity contribution in [1.82, 2.24) is 10.2 Å². The molecule has 1 aliphatic rings. The number of anilines is 1. The van der Waals surface area contributed by atoms with E-state index in [1.807, 2.05) is 12.1 Å². The van der Waals surface area contributed by atoms with Gasteiger partial charge < -0.3 is 15.8 Å². The molecule has 1 fully saturated rings. The molecule has 0 radical (unpaired) electrons. The Morgan fingerprint density at radius 3 is 2.76 bits per heavy atom. The molecule has 8 heteroatoms. The number of nitrogens with one attached hydrogen (secondary N) is 1. The summed E-state index contributed by atoms with van der Waals surface area (Å²) in [5.41, 5.74) is 6.72. The Morgan fingerprint density at radius 1 is 1.24 bits per heavy atom. The number of aromatic nitrogens is 2. The Kier molecular flexibility index (Phi) is 8.61. The van der Waals surface area contributed by atoms with E-state index in [2.05, 4.69) is 15.5 Å². The van der Waals surface area contributed by atoms with E-state index < -0.39 is 0 Å². The molecular weight excluding hydrogens is 363 g/mol. The van der Waals surface area contributed by atoms with E-state index in [1.165, 1.54) is 0 Å². The van der Waals surface area contributed by atoms with Crippen LogP contribution in [0.15, 0.2) is 42.6 Å². The fourth-order valence-corrected chi connectivity index (χ4v) is 2.87. The van der Waals surface area contributed by atoms with Gasteiger partial charge in [0.2, 0.25) is 11.8 Å². The lowest BCUT2D eigenvalue weighted by molar-refractivity contribution is -0.117. The van der Waals surface area contributed by atoms with Crippen molar-refractivity contribution in [2.75, 3.05) is 5.32 Å². The topological polar surface area (TPSA) is 90.1 Å². The second-order valence-electron chi connectivity index (χ2n) is 5.80. The third kappa shape index (κ3) is 6.16. The lowest BCUT2D eigenvalue weighted by atomic mass is 10.00. The van der Waals surface area contributed by atoms with Crippen molar-refractivity contribution >= 4 is 36.4 Å². The Balaban J connectivity index is 0.00000156. The minimum Gasteiger partial charge on any atom is -0.437 e. The average Bonchev–Trinajstić information content (AvgIpc) is 2.93. The van der Waals surface area contributed by atoms with E-state index in [4.69, 9.17) is 10.5 Å². The zero-order valence-corrected chi connectivity index (χ0v) is 15.3. The zero-order chi connectivity index (χ0) is 16.1. The standard InChI is InChI=1S/C17H20N4O2.2ClH/c18-15-7-1-4-12(15)10-16(22)20-13-5-2-6-14(11-13)23-17-8-3-9-19-21-17;;/h2-3,5-6,8-9,11-12,15H,1,4,7,10,18H2,(H,20,22);2*1H/t12-,15+;;/m0../s1. The van der Waals surface area contributed by atoms with Crippen molar-refractivity contribution < 1.29 is 9.53 Å². The molecule has 1 saturated carbocycles. The van der Waals surface area contributed by atoms with Gasteiger partial charge in [-0.15, -0.1) is 29.9 Å². The van der Waals surface area contributed by atoms with Crippen LogP contribution in [0.2, 0.25) is 0 Å². The maximum atomic E-state index is 12.2. The quantitative estimate of drug-likeness (QED) is 0.821. The number of hydrogen-bond acceptors (Lipinski definition) is 5. The summed E-state index contributed by atoms with van der Waals surface area (Å²) < 4.78 is 5.61. The third-order valence-electron chi connectivity index (χ3n) is 4.05. The fourth-order valence-electron chi connectivity index (χ4n) is 2.87. The Morgan fingerprint density at radius 2 is 2.08 bits per heavy atom. The highest BCUT2D eigenvalue weighted by atomic mass is 35.5. The molecule has 1 amide bonds. The van der Waals surface area contributed by atoms with Crippen LogP contribution < -0.4 is 15.8 Å². The maximum absolute atomic E-state index is 12.2. The summed E-state index contributed by atoms with van der Waals surface area (Å²) in [6, 6.07) is 10.8. The van der Waals surface area contributed by atoms with E-state index in [0.717, 1.165) is 19.3 Å². The van der Waals surface area contributed by atoms with Gasteiger partial charge in [-0.3, -0.25) is 4.79 Å². The summed E-state index contributed by atoms with van der Waals surface area (Å²) in [7, 11) is 0. The molecule has 0 saturated heterocycles. The van der Waals surface area contributed by atoms with Crippen molar-refractivity contribution in [1.29, 1.82) is 0 Å². The van der Waals surface area contributed by atoms with Gasteiger partial charge in [0.05, 0.1) is 0 Å². The molecule has 6 nitrogen and oxygen atoms in total. The summed E-state index contributed by atoms with van der Waals surface area (Å²) >= 11 is 0. The van der Waals surface area contributed by atoms with Crippen LogP contribution in [0, 0.1) is 5.92 Å². The molecule has 0 aliphatic heterocycles. The van der Waals surface area contributed by atoms with Crippen molar-refractivity contribution in [3.05, 3.63) is 42.6 Å². The highest BCUT2D eigenvalue weighted by molar-refractivity contribution is 5.91. The molecule has 3 rings (SSSR count). The number of halogens is 2. The molecule has 136 valence electrons. The second-order valence-corrected chi connectivity index (χ2v) is 5.80. The third-order valence-corrected chi connectivity index (χ3v) is 4.05. The summed E-state index contributed by atoms with van der Waals surface area (Å²) in [4.78, 5) is 12.2. The van der Waals surface area contributed by atoms with Crippen LogP contribution in [0.5, 0.6) is 11.6 Å². The lowest BCUT2D eigenvalue weighted by Crippen LogP contribution is -2.28. The molecule has 25 heavy (non-hydrogen) atoms. The molecule has 1 aliphatic carbocycles. The van der Waals surface area contributed by atoms with Crippen LogP contribution in [-0.4, -0.2) is 22.1 Å². The van der Waals surface area contributed by atoms with Gasteiger partial charge in [-0.2, -0.15) is 5.10 Å². The molecule has 3 N–H and O–H groups in total. The lowest BCUT2D eigenvalue weighted by Gasteiger charge is -2.15. The first kappa shape index (κ1) is 21.2. The Labute approximate surface area is 159 Å². The summed E-state index contributed by atoms with van der Waals surface area (Å²) in [6.45, 7) is 0. The van der Waals surface area contributed by atoms with Gasteiger partial charge in [-0.25, -0.2) is 0 Å². The van der Waals surface area contributed by atoms with Crippen LogP contribution >= 0.6 is 24.8 Å². The van der Waals surface area contributed by atoms with Gasteiger partial charge in [-0.05, 0) is 37.0 Å². The van der Waals surface area contributed by atoms with Crippen molar-refractivity contribution in [3.8, 4) is 11.6 Å². The molecule has 2 atom stereocenters. The van der Waals surface area contributed by atoms with Gasteiger partial charge >= 0.3 is 0 Å². The highest BCUT2D eigenvalue weighted by Crippen LogP contribution is 2.27. The van der Waals surface area contributed by atoms with Gasteiger partial charge in [0.15, 0.2) is 0 Å². The minimum absolute atomic E-state index is 0. The second kappa shape index (κ2) is 10.2.